The van der Waals surface area contributed by atoms with Gasteiger partial charge >= 0.3 is 0 Å². The fraction of sp³-hybridized carbons (Fsp3) is 0.0182. The van der Waals surface area contributed by atoms with E-state index >= 15 is 0 Å². The van der Waals surface area contributed by atoms with Crippen LogP contribution in [0, 0.1) is 11.3 Å². The van der Waals surface area contributed by atoms with Crippen LogP contribution in [-0.2, 0) is 5.41 Å². The summed E-state index contributed by atoms with van der Waals surface area (Å²) >= 11 is 0. The zero-order valence-corrected chi connectivity index (χ0v) is 31.2. The molecule has 1 aliphatic carbocycles. The van der Waals surface area contributed by atoms with Gasteiger partial charge in [0.05, 0.1) is 28.4 Å². The van der Waals surface area contributed by atoms with E-state index in [4.69, 9.17) is 4.98 Å². The molecule has 0 atom stereocenters. The van der Waals surface area contributed by atoms with Gasteiger partial charge in [0.15, 0.2) is 0 Å². The van der Waals surface area contributed by atoms with Gasteiger partial charge in [0.2, 0.25) is 0 Å². The molecule has 2 heteroatoms. The monoisotopic (exact) mass is 724 g/mol. The van der Waals surface area contributed by atoms with Crippen LogP contribution in [0.4, 0.5) is 0 Å². The predicted octanol–water partition coefficient (Wildman–Crippen LogP) is 13.7. The maximum atomic E-state index is 9.81. The highest BCUT2D eigenvalue weighted by molar-refractivity contribution is 6.02. The predicted molar refractivity (Wildman–Crippen MR) is 233 cm³/mol. The van der Waals surface area contributed by atoms with Crippen molar-refractivity contribution >= 4 is 0 Å². The molecule has 1 aliphatic rings. The topological polar surface area (TPSA) is 36.7 Å². The summed E-state index contributed by atoms with van der Waals surface area (Å²) in [6.07, 6.45) is 0. The first-order valence-electron chi connectivity index (χ1n) is 19.3. The number of rotatable bonds is 7. The second-order valence-electron chi connectivity index (χ2n) is 14.6. The summed E-state index contributed by atoms with van der Waals surface area (Å²) in [6.45, 7) is 0. The van der Waals surface area contributed by atoms with E-state index in [9.17, 15) is 5.26 Å². The molecule has 1 aromatic heterocycles. The van der Waals surface area contributed by atoms with Gasteiger partial charge in [-0.15, -0.1) is 0 Å². The van der Waals surface area contributed by atoms with Crippen molar-refractivity contribution in [2.24, 2.45) is 0 Å². The minimum atomic E-state index is -0.533. The Labute approximate surface area is 333 Å². The van der Waals surface area contributed by atoms with Gasteiger partial charge in [-0.1, -0.05) is 188 Å². The Balaban J connectivity index is 1.23. The van der Waals surface area contributed by atoms with Crippen molar-refractivity contribution in [3.05, 3.63) is 246 Å². The van der Waals surface area contributed by atoms with Gasteiger partial charge in [0, 0.05) is 11.1 Å². The smallest absolute Gasteiger partial charge is 0.0991 e. The van der Waals surface area contributed by atoms with Crippen molar-refractivity contribution in [3.8, 4) is 73.1 Å². The van der Waals surface area contributed by atoms with Crippen LogP contribution in [-0.4, -0.2) is 4.98 Å². The number of hydrogen-bond acceptors (Lipinski definition) is 2. The normalized spacial score (nSPS) is 12.3. The van der Waals surface area contributed by atoms with Gasteiger partial charge in [-0.05, 0) is 97.1 Å². The van der Waals surface area contributed by atoms with Crippen molar-refractivity contribution < 1.29 is 0 Å². The van der Waals surface area contributed by atoms with E-state index in [1.165, 1.54) is 33.4 Å². The number of pyridine rings is 1. The largest absolute Gasteiger partial charge is 0.248 e. The third kappa shape index (κ3) is 5.77. The zero-order valence-electron chi connectivity index (χ0n) is 31.2. The quantitative estimate of drug-likeness (QED) is 0.164. The molecular formula is C55H36N2. The number of nitrogens with zero attached hydrogens (tertiary/aromatic N) is 2. The number of aromatic nitrogens is 1. The van der Waals surface area contributed by atoms with Crippen LogP contribution >= 0.6 is 0 Å². The molecule has 2 nitrogen and oxygen atoms in total. The van der Waals surface area contributed by atoms with Crippen molar-refractivity contribution in [2.75, 3.05) is 0 Å². The third-order valence-corrected chi connectivity index (χ3v) is 11.4. The van der Waals surface area contributed by atoms with Crippen molar-refractivity contribution in [1.82, 2.24) is 4.98 Å². The van der Waals surface area contributed by atoms with Gasteiger partial charge in [-0.25, -0.2) is 4.98 Å². The highest BCUT2D eigenvalue weighted by Crippen LogP contribution is 2.59. The molecule has 0 saturated carbocycles. The average molecular weight is 725 g/mol. The van der Waals surface area contributed by atoms with E-state index < -0.39 is 5.41 Å². The van der Waals surface area contributed by atoms with Crippen LogP contribution in [0.1, 0.15) is 27.8 Å². The Bertz CT molecular complexity index is 2830. The van der Waals surface area contributed by atoms with E-state index in [1.807, 2.05) is 24.3 Å². The molecule has 1 heterocycles. The Morgan fingerprint density at radius 2 is 0.877 bits per heavy atom. The van der Waals surface area contributed by atoms with Crippen molar-refractivity contribution in [3.63, 3.8) is 0 Å². The molecule has 0 aliphatic heterocycles. The molecule has 0 amide bonds. The lowest BCUT2D eigenvalue weighted by Gasteiger charge is -2.34. The molecule has 0 saturated heterocycles. The van der Waals surface area contributed by atoms with E-state index in [2.05, 4.69) is 200 Å². The molecule has 0 spiro atoms. The van der Waals surface area contributed by atoms with E-state index in [1.54, 1.807) is 0 Å². The van der Waals surface area contributed by atoms with Crippen LogP contribution in [0.15, 0.2) is 218 Å². The fourth-order valence-corrected chi connectivity index (χ4v) is 8.86. The van der Waals surface area contributed by atoms with E-state index in [0.717, 1.165) is 55.9 Å². The molecule has 0 bridgehead atoms. The first kappa shape index (κ1) is 33.9. The summed E-state index contributed by atoms with van der Waals surface area (Å²) < 4.78 is 0. The average Bonchev–Trinajstić information content (AvgIpc) is 3.61. The molecule has 0 fully saturated rings. The summed E-state index contributed by atoms with van der Waals surface area (Å²) in [5.74, 6) is 0. The van der Waals surface area contributed by atoms with Crippen molar-refractivity contribution in [2.45, 2.75) is 5.41 Å². The number of hydrogen-bond donors (Lipinski definition) is 0. The standard InChI is InChI=1S/C55H36N2/c56-37-38-28-30-41(31-29-38)53-47(32-33-50-54(53)48-26-13-14-27-49(48)55(50,45-22-9-3-10-23-45)46-24-11-4-12-25-46)43-21-15-20-42(34-43)44-35-51(39-16-5-1-6-17-39)57-52(36-44)40-18-7-2-8-19-40/h1-36H. The van der Waals surface area contributed by atoms with Gasteiger partial charge in [-0.3, -0.25) is 0 Å². The Hall–Kier alpha value is -7.60. The zero-order chi connectivity index (χ0) is 38.2. The van der Waals surface area contributed by atoms with Crippen LogP contribution < -0.4 is 0 Å². The highest BCUT2D eigenvalue weighted by Gasteiger charge is 2.47. The second kappa shape index (κ2) is 14.2. The maximum Gasteiger partial charge on any atom is 0.0991 e. The first-order valence-corrected chi connectivity index (χ1v) is 19.3. The Morgan fingerprint density at radius 3 is 1.47 bits per heavy atom. The minimum absolute atomic E-state index is 0.533. The Morgan fingerprint density at radius 1 is 0.351 bits per heavy atom. The summed E-state index contributed by atoms with van der Waals surface area (Å²) in [7, 11) is 0. The number of benzene rings is 8. The highest BCUT2D eigenvalue weighted by atomic mass is 14.7. The summed E-state index contributed by atoms with van der Waals surface area (Å²) in [4.78, 5) is 5.15. The second-order valence-corrected chi connectivity index (χ2v) is 14.6. The van der Waals surface area contributed by atoms with Crippen LogP contribution in [0.5, 0.6) is 0 Å². The molecule has 266 valence electrons. The summed E-state index contributed by atoms with van der Waals surface area (Å²) in [5.41, 5.74) is 18.2. The van der Waals surface area contributed by atoms with Crippen LogP contribution in [0.2, 0.25) is 0 Å². The summed E-state index contributed by atoms with van der Waals surface area (Å²) in [5, 5.41) is 9.81. The number of nitriles is 1. The van der Waals surface area contributed by atoms with E-state index in [-0.39, 0.29) is 0 Å². The molecule has 0 unspecified atom stereocenters. The minimum Gasteiger partial charge on any atom is -0.248 e. The lowest BCUT2D eigenvalue weighted by atomic mass is 9.67. The lowest BCUT2D eigenvalue weighted by molar-refractivity contribution is 0.768. The van der Waals surface area contributed by atoms with Gasteiger partial charge in [0.1, 0.15) is 0 Å². The Kier molecular flexibility index (Phi) is 8.47. The van der Waals surface area contributed by atoms with E-state index in [0.29, 0.717) is 5.56 Å². The lowest BCUT2D eigenvalue weighted by Crippen LogP contribution is -2.28. The van der Waals surface area contributed by atoms with Crippen LogP contribution in [0.25, 0.3) is 67.0 Å². The van der Waals surface area contributed by atoms with Crippen LogP contribution in [0.3, 0.4) is 0 Å². The molecular weight excluding hydrogens is 689 g/mol. The maximum absolute atomic E-state index is 9.81. The van der Waals surface area contributed by atoms with Gasteiger partial charge < -0.3 is 0 Å². The number of fused-ring (bicyclic) bond motifs is 3. The first-order chi connectivity index (χ1) is 28.2. The van der Waals surface area contributed by atoms with Gasteiger partial charge in [-0.2, -0.15) is 5.26 Å². The summed E-state index contributed by atoms with van der Waals surface area (Å²) in [6, 6.07) is 79.9. The fourth-order valence-electron chi connectivity index (χ4n) is 8.86. The molecule has 0 N–H and O–H groups in total. The SMILES string of the molecule is N#Cc1ccc(-c2c(-c3cccc(-c4cc(-c5ccccc5)nc(-c5ccccc5)c4)c3)ccc3c2-c2ccccc2C3(c2ccccc2)c2ccccc2)cc1. The molecule has 9 aromatic rings. The molecule has 8 aromatic carbocycles. The van der Waals surface area contributed by atoms with Crippen molar-refractivity contribution in [1.29, 1.82) is 5.26 Å². The molecule has 10 rings (SSSR count). The van der Waals surface area contributed by atoms with Gasteiger partial charge in [0.25, 0.3) is 0 Å². The molecule has 0 radical (unpaired) electrons. The third-order valence-electron chi connectivity index (χ3n) is 11.4. The molecule has 57 heavy (non-hydrogen) atoms.